The van der Waals surface area contributed by atoms with Gasteiger partial charge in [0, 0.05) is 43.1 Å². The molecular formula is C58H34N2OS. The molecule has 10 aromatic carbocycles. The summed E-state index contributed by atoms with van der Waals surface area (Å²) in [5.41, 5.74) is 12.5. The molecule has 0 unspecified atom stereocenters. The van der Waals surface area contributed by atoms with E-state index in [2.05, 4.69) is 188 Å². The molecule has 0 N–H and O–H groups in total. The fourth-order valence-corrected chi connectivity index (χ4v) is 10.7. The van der Waals surface area contributed by atoms with Crippen molar-refractivity contribution in [2.75, 3.05) is 0 Å². The maximum Gasteiger partial charge on any atom is 0.160 e. The van der Waals surface area contributed by atoms with Crippen LogP contribution in [0, 0.1) is 0 Å². The van der Waals surface area contributed by atoms with Crippen LogP contribution in [0.25, 0.3) is 131 Å². The molecule has 4 heteroatoms. The van der Waals surface area contributed by atoms with E-state index in [-0.39, 0.29) is 0 Å². The lowest BCUT2D eigenvalue weighted by atomic mass is 9.92. The first kappa shape index (κ1) is 34.9. The van der Waals surface area contributed by atoms with Gasteiger partial charge in [-0.05, 0) is 72.8 Å². The van der Waals surface area contributed by atoms with Crippen LogP contribution in [-0.2, 0) is 0 Å². The van der Waals surface area contributed by atoms with Gasteiger partial charge in [0.1, 0.15) is 11.2 Å². The Hall–Kier alpha value is -7.92. The Kier molecular flexibility index (Phi) is 7.78. The number of aromatic nitrogens is 2. The molecule has 0 radical (unpaired) electrons. The van der Waals surface area contributed by atoms with Gasteiger partial charge in [-0.25, -0.2) is 9.97 Å². The van der Waals surface area contributed by atoms with Crippen LogP contribution in [0.15, 0.2) is 211 Å². The van der Waals surface area contributed by atoms with Gasteiger partial charge in [0.05, 0.1) is 15.9 Å². The van der Waals surface area contributed by atoms with E-state index >= 15 is 0 Å². The quantitative estimate of drug-likeness (QED) is 0.163. The third-order valence-electron chi connectivity index (χ3n) is 12.5. The van der Waals surface area contributed by atoms with Gasteiger partial charge in [-0.15, -0.1) is 11.3 Å². The van der Waals surface area contributed by atoms with E-state index in [1.807, 2.05) is 18.2 Å². The number of hydrogen-bond acceptors (Lipinski definition) is 4. The predicted molar refractivity (Wildman–Crippen MR) is 262 cm³/mol. The first-order chi connectivity index (χ1) is 30.7. The van der Waals surface area contributed by atoms with Gasteiger partial charge in [-0.3, -0.25) is 0 Å². The molecule has 62 heavy (non-hydrogen) atoms. The fraction of sp³-hybridized carbons (Fsp3) is 0. The lowest BCUT2D eigenvalue weighted by molar-refractivity contribution is 0.671. The van der Waals surface area contributed by atoms with Gasteiger partial charge < -0.3 is 4.42 Å². The van der Waals surface area contributed by atoms with Crippen LogP contribution >= 0.6 is 11.3 Å². The Bertz CT molecular complexity index is 3890. The van der Waals surface area contributed by atoms with Crippen molar-refractivity contribution in [3.05, 3.63) is 206 Å². The van der Waals surface area contributed by atoms with Crippen molar-refractivity contribution in [1.29, 1.82) is 0 Å². The molecule has 3 aromatic heterocycles. The molecule has 13 aromatic rings. The summed E-state index contributed by atoms with van der Waals surface area (Å²) >= 11 is 1.75. The molecule has 0 aliphatic heterocycles. The van der Waals surface area contributed by atoms with Crippen LogP contribution in [0.5, 0.6) is 0 Å². The van der Waals surface area contributed by atoms with Crippen molar-refractivity contribution in [3.63, 3.8) is 0 Å². The summed E-state index contributed by atoms with van der Waals surface area (Å²) < 4.78 is 9.26. The highest BCUT2D eigenvalue weighted by Gasteiger charge is 2.20. The predicted octanol–water partition coefficient (Wildman–Crippen LogP) is 16.5. The van der Waals surface area contributed by atoms with Crippen LogP contribution in [0.1, 0.15) is 0 Å². The Balaban J connectivity index is 0.971. The van der Waals surface area contributed by atoms with Gasteiger partial charge in [0.25, 0.3) is 0 Å². The summed E-state index contributed by atoms with van der Waals surface area (Å²) in [4.78, 5) is 10.5. The Morgan fingerprint density at radius 3 is 1.48 bits per heavy atom. The van der Waals surface area contributed by atoms with Gasteiger partial charge in [-0.2, -0.15) is 0 Å². The largest absolute Gasteiger partial charge is 0.455 e. The minimum Gasteiger partial charge on any atom is -0.455 e. The SMILES string of the molecule is c1ccc(-c2cccc(-c3nc(-c4ccccc4)nc4c3sc3cc(-c5cccc6c5oc5c(-c7ccc8c9ccccc9c9ccccc9c8c7)cccc56)ccc34)c2)cc1. The lowest BCUT2D eigenvalue weighted by Crippen LogP contribution is -1.93. The molecule has 3 nitrogen and oxygen atoms in total. The zero-order valence-corrected chi connectivity index (χ0v) is 34.2. The Morgan fingerprint density at radius 2 is 0.823 bits per heavy atom. The van der Waals surface area contributed by atoms with E-state index in [0.29, 0.717) is 0 Å². The summed E-state index contributed by atoms with van der Waals surface area (Å²) in [5, 5.41) is 10.9. The average molecular weight is 807 g/mol. The van der Waals surface area contributed by atoms with Crippen LogP contribution < -0.4 is 0 Å². The minimum atomic E-state index is 0.720. The maximum atomic E-state index is 7.03. The van der Waals surface area contributed by atoms with Gasteiger partial charge in [-0.1, -0.05) is 188 Å². The van der Waals surface area contributed by atoms with E-state index in [1.54, 1.807) is 11.3 Å². The number of thiophene rings is 1. The molecule has 0 atom stereocenters. The first-order valence-electron chi connectivity index (χ1n) is 21.0. The molecule has 0 saturated carbocycles. The summed E-state index contributed by atoms with van der Waals surface area (Å²) in [6.07, 6.45) is 0. The van der Waals surface area contributed by atoms with Gasteiger partial charge in [0.15, 0.2) is 5.82 Å². The van der Waals surface area contributed by atoms with E-state index in [1.165, 1.54) is 37.9 Å². The summed E-state index contributed by atoms with van der Waals surface area (Å²) in [6, 6.07) is 73.7. The normalized spacial score (nSPS) is 11.9. The van der Waals surface area contributed by atoms with Gasteiger partial charge in [0.2, 0.25) is 0 Å². The monoisotopic (exact) mass is 806 g/mol. The zero-order valence-electron chi connectivity index (χ0n) is 33.3. The lowest BCUT2D eigenvalue weighted by Gasteiger charge is -2.12. The smallest absolute Gasteiger partial charge is 0.160 e. The second-order valence-corrected chi connectivity index (χ2v) is 17.1. The van der Waals surface area contributed by atoms with Crippen LogP contribution in [0.3, 0.4) is 0 Å². The first-order valence-corrected chi connectivity index (χ1v) is 21.8. The highest BCUT2D eigenvalue weighted by atomic mass is 32.1. The molecule has 0 bridgehead atoms. The number of nitrogens with zero attached hydrogens (tertiary/aromatic N) is 2. The Morgan fingerprint density at radius 1 is 0.323 bits per heavy atom. The summed E-state index contributed by atoms with van der Waals surface area (Å²) in [7, 11) is 0. The number of rotatable bonds is 5. The van der Waals surface area contributed by atoms with E-state index in [9.17, 15) is 0 Å². The molecule has 288 valence electrons. The van der Waals surface area contributed by atoms with Crippen LogP contribution in [0.4, 0.5) is 0 Å². The summed E-state index contributed by atoms with van der Waals surface area (Å²) in [5.74, 6) is 0.720. The number of furan rings is 1. The Labute approximate surface area is 360 Å². The average Bonchev–Trinajstić information content (AvgIpc) is 3.93. The van der Waals surface area contributed by atoms with Crippen molar-refractivity contribution < 1.29 is 4.42 Å². The van der Waals surface area contributed by atoms with Crippen molar-refractivity contribution in [3.8, 4) is 56.0 Å². The molecule has 0 aliphatic rings. The molecule has 0 fully saturated rings. The van der Waals surface area contributed by atoms with Crippen molar-refractivity contribution >= 4 is 85.9 Å². The van der Waals surface area contributed by atoms with Crippen LogP contribution in [-0.4, -0.2) is 9.97 Å². The standard InChI is InChI=1S/C58H34N2OS/c1-3-14-35(15-4-1)37-18-11-19-40(32-37)53-57-54(60-58(59-53)36-16-5-2-6-17-36)50-31-29-39(34-52(50)62-57)42-25-13-27-49-48-26-12-24-41(55(48)61-56(42)49)38-28-30-47-45-22-8-7-20-43(45)44-21-9-10-23-46(44)51(47)33-38/h1-34H. The van der Waals surface area contributed by atoms with Crippen molar-refractivity contribution in [2.24, 2.45) is 0 Å². The molecule has 0 spiro atoms. The van der Waals surface area contributed by atoms with E-state index in [4.69, 9.17) is 14.4 Å². The molecule has 0 saturated heterocycles. The summed E-state index contributed by atoms with van der Waals surface area (Å²) in [6.45, 7) is 0. The van der Waals surface area contributed by atoms with Gasteiger partial charge >= 0.3 is 0 Å². The third-order valence-corrected chi connectivity index (χ3v) is 13.6. The number of fused-ring (bicyclic) bond motifs is 12. The number of benzene rings is 10. The topological polar surface area (TPSA) is 38.9 Å². The highest BCUT2D eigenvalue weighted by Crippen LogP contribution is 2.45. The van der Waals surface area contributed by atoms with E-state index < -0.39 is 0 Å². The minimum absolute atomic E-state index is 0.720. The molecule has 3 heterocycles. The third kappa shape index (κ3) is 5.44. The van der Waals surface area contributed by atoms with Crippen molar-refractivity contribution in [2.45, 2.75) is 0 Å². The second-order valence-electron chi connectivity index (χ2n) is 16.0. The number of hydrogen-bond donors (Lipinski definition) is 0. The van der Waals surface area contributed by atoms with E-state index in [0.717, 1.165) is 92.7 Å². The molecule has 13 rings (SSSR count). The fourth-order valence-electron chi connectivity index (χ4n) is 9.55. The maximum absolute atomic E-state index is 7.03. The zero-order chi connectivity index (χ0) is 40.7. The van der Waals surface area contributed by atoms with Crippen molar-refractivity contribution in [1.82, 2.24) is 9.97 Å². The second kappa shape index (κ2) is 13.8. The molecule has 0 aliphatic carbocycles. The molecular weight excluding hydrogens is 773 g/mol. The number of para-hydroxylation sites is 2. The van der Waals surface area contributed by atoms with Crippen LogP contribution in [0.2, 0.25) is 0 Å². The highest BCUT2D eigenvalue weighted by molar-refractivity contribution is 7.26. The molecule has 0 amide bonds.